The van der Waals surface area contributed by atoms with Gasteiger partial charge in [0.25, 0.3) is 0 Å². The first-order chi connectivity index (χ1) is 2.91. The van der Waals surface area contributed by atoms with Crippen LogP contribution >= 0.6 is 0 Å². The highest BCUT2D eigenvalue weighted by Gasteiger charge is 1.66. The Morgan fingerprint density at radius 1 is 1.50 bits per heavy atom. The standard InChI is InChI=1S/C6H13/c1-3-5-6-4-2/h3H,4-6H2,1-2H3/q-1. The summed E-state index contributed by atoms with van der Waals surface area (Å²) in [6, 6.07) is 0. The van der Waals surface area contributed by atoms with E-state index in [-0.39, 0.29) is 0 Å². The topological polar surface area (TPSA) is 0 Å². The third-order valence-corrected chi connectivity index (χ3v) is 0.846. The summed E-state index contributed by atoms with van der Waals surface area (Å²) < 4.78 is 0. The third-order valence-electron chi connectivity index (χ3n) is 0.846. The Morgan fingerprint density at radius 2 is 2.17 bits per heavy atom. The van der Waals surface area contributed by atoms with Gasteiger partial charge in [-0.05, 0) is 0 Å². The number of rotatable bonds is 3. The van der Waals surface area contributed by atoms with E-state index in [0.717, 1.165) is 0 Å². The average molecular weight is 85.2 g/mol. The van der Waals surface area contributed by atoms with Crippen LogP contribution in [0.1, 0.15) is 33.1 Å². The minimum Gasteiger partial charge on any atom is -0.332 e. The van der Waals surface area contributed by atoms with E-state index in [1.807, 2.05) is 0 Å². The molecule has 0 amide bonds. The van der Waals surface area contributed by atoms with Crippen molar-refractivity contribution in [2.24, 2.45) is 0 Å². The summed E-state index contributed by atoms with van der Waals surface area (Å²) in [5.74, 6) is 0. The zero-order chi connectivity index (χ0) is 4.83. The molecule has 0 aliphatic heterocycles. The van der Waals surface area contributed by atoms with Crippen molar-refractivity contribution < 1.29 is 0 Å². The van der Waals surface area contributed by atoms with E-state index in [1.165, 1.54) is 19.3 Å². The molecule has 0 aliphatic rings. The second-order valence-corrected chi connectivity index (χ2v) is 1.55. The molecule has 0 rings (SSSR count). The smallest absolute Gasteiger partial charge is 0.0586 e. The summed E-state index contributed by atoms with van der Waals surface area (Å²) in [5, 5.41) is 0. The van der Waals surface area contributed by atoms with E-state index < -0.39 is 0 Å². The molecule has 0 saturated heterocycles. The van der Waals surface area contributed by atoms with E-state index in [9.17, 15) is 0 Å². The number of hydrogen-bond donors (Lipinski definition) is 0. The van der Waals surface area contributed by atoms with Crippen molar-refractivity contribution in [3.8, 4) is 0 Å². The first kappa shape index (κ1) is 6.00. The molecule has 0 radical (unpaired) electrons. The maximum Gasteiger partial charge on any atom is -0.0586 e. The zero-order valence-electron chi connectivity index (χ0n) is 4.70. The van der Waals surface area contributed by atoms with Gasteiger partial charge in [-0.1, -0.05) is 19.8 Å². The van der Waals surface area contributed by atoms with Crippen molar-refractivity contribution in [1.29, 1.82) is 0 Å². The summed E-state index contributed by atoms with van der Waals surface area (Å²) in [4.78, 5) is 0. The van der Waals surface area contributed by atoms with Crippen LogP contribution in [-0.2, 0) is 0 Å². The van der Waals surface area contributed by atoms with Crippen LogP contribution in [0.15, 0.2) is 0 Å². The van der Waals surface area contributed by atoms with Gasteiger partial charge in [0.1, 0.15) is 0 Å². The SMILES string of the molecule is C[CH-]CCCC. The number of unbranched alkanes of at least 4 members (excludes halogenated alkanes) is 3. The van der Waals surface area contributed by atoms with E-state index in [1.54, 1.807) is 0 Å². The molecular formula is C6H13-. The van der Waals surface area contributed by atoms with Crippen LogP contribution in [0.5, 0.6) is 0 Å². The van der Waals surface area contributed by atoms with Crippen LogP contribution in [0.4, 0.5) is 0 Å². The van der Waals surface area contributed by atoms with E-state index in [2.05, 4.69) is 20.3 Å². The van der Waals surface area contributed by atoms with Gasteiger partial charge in [0.2, 0.25) is 0 Å². The van der Waals surface area contributed by atoms with Crippen LogP contribution in [0.2, 0.25) is 0 Å². The molecule has 0 bridgehead atoms. The molecule has 0 saturated carbocycles. The highest BCUT2D eigenvalue weighted by Crippen LogP contribution is 1.94. The fourth-order valence-corrected chi connectivity index (χ4v) is 0.408. The zero-order valence-corrected chi connectivity index (χ0v) is 4.70. The molecule has 0 atom stereocenters. The predicted molar refractivity (Wildman–Crippen MR) is 29.5 cm³/mol. The van der Waals surface area contributed by atoms with Gasteiger partial charge in [0, 0.05) is 0 Å². The second kappa shape index (κ2) is 5.00. The number of hydrogen-bond acceptors (Lipinski definition) is 0. The Balaban J connectivity index is 2.34. The van der Waals surface area contributed by atoms with Gasteiger partial charge in [0.05, 0.1) is 0 Å². The summed E-state index contributed by atoms with van der Waals surface area (Å²) in [6.07, 6.45) is 6.18. The molecule has 0 heterocycles. The summed E-state index contributed by atoms with van der Waals surface area (Å²) in [7, 11) is 0. The minimum absolute atomic E-state index is 1.29. The quantitative estimate of drug-likeness (QED) is 0.364. The van der Waals surface area contributed by atoms with Crippen LogP contribution in [0, 0.1) is 6.42 Å². The molecule has 0 aromatic heterocycles. The Bertz CT molecular complexity index is 12.0. The van der Waals surface area contributed by atoms with E-state index in [4.69, 9.17) is 0 Å². The van der Waals surface area contributed by atoms with E-state index >= 15 is 0 Å². The molecule has 0 fully saturated rings. The molecule has 38 valence electrons. The molecule has 0 aromatic carbocycles. The Morgan fingerprint density at radius 3 is 2.33 bits per heavy atom. The van der Waals surface area contributed by atoms with Crippen LogP contribution < -0.4 is 0 Å². The second-order valence-electron chi connectivity index (χ2n) is 1.55. The largest absolute Gasteiger partial charge is 0.332 e. The van der Waals surface area contributed by atoms with Crippen molar-refractivity contribution in [2.45, 2.75) is 33.1 Å². The van der Waals surface area contributed by atoms with Crippen LogP contribution in [-0.4, -0.2) is 0 Å². The summed E-state index contributed by atoms with van der Waals surface area (Å²) in [6.45, 7) is 4.32. The molecule has 0 N–H and O–H groups in total. The highest BCUT2D eigenvalue weighted by atomic mass is 13.8. The Labute approximate surface area is 40.6 Å². The molecular weight excluding hydrogens is 72.1 g/mol. The van der Waals surface area contributed by atoms with Gasteiger partial charge in [-0.3, -0.25) is 0 Å². The third kappa shape index (κ3) is 4.00. The van der Waals surface area contributed by atoms with Crippen molar-refractivity contribution in [1.82, 2.24) is 0 Å². The summed E-state index contributed by atoms with van der Waals surface area (Å²) >= 11 is 0. The lowest BCUT2D eigenvalue weighted by molar-refractivity contribution is 0.784. The lowest BCUT2D eigenvalue weighted by atomic mass is 10.2. The minimum atomic E-state index is 1.29. The Hall–Kier alpha value is 0. The molecule has 0 aromatic rings. The predicted octanol–water partition coefficient (Wildman–Crippen LogP) is 2.40. The molecule has 0 nitrogen and oxygen atoms in total. The fourth-order valence-electron chi connectivity index (χ4n) is 0.408. The van der Waals surface area contributed by atoms with Gasteiger partial charge >= 0.3 is 0 Å². The van der Waals surface area contributed by atoms with Crippen LogP contribution in [0.3, 0.4) is 0 Å². The van der Waals surface area contributed by atoms with Gasteiger partial charge in [0.15, 0.2) is 0 Å². The summed E-state index contributed by atoms with van der Waals surface area (Å²) in [5.41, 5.74) is 0. The van der Waals surface area contributed by atoms with E-state index in [0.29, 0.717) is 0 Å². The fraction of sp³-hybridized carbons (Fsp3) is 0.833. The maximum absolute atomic E-state index is 2.21. The van der Waals surface area contributed by atoms with Gasteiger partial charge in [-0.2, -0.15) is 13.3 Å². The monoisotopic (exact) mass is 85.1 g/mol. The lowest BCUT2D eigenvalue weighted by Crippen LogP contribution is -1.67. The normalized spacial score (nSPS) is 9.00. The lowest BCUT2D eigenvalue weighted by Gasteiger charge is -1.97. The van der Waals surface area contributed by atoms with Crippen molar-refractivity contribution in [2.75, 3.05) is 0 Å². The molecule has 6 heavy (non-hydrogen) atoms. The highest BCUT2D eigenvalue weighted by molar-refractivity contribution is 4.52. The van der Waals surface area contributed by atoms with Gasteiger partial charge in [-0.15, -0.1) is 0 Å². The molecule has 0 aliphatic carbocycles. The average Bonchev–Trinajstić information content (AvgIpc) is 1.61. The first-order valence-corrected chi connectivity index (χ1v) is 2.69. The van der Waals surface area contributed by atoms with Crippen molar-refractivity contribution >= 4 is 0 Å². The maximum atomic E-state index is 2.21. The van der Waals surface area contributed by atoms with Crippen molar-refractivity contribution in [3.05, 3.63) is 6.42 Å². The molecule has 0 spiro atoms. The van der Waals surface area contributed by atoms with Crippen LogP contribution in [0.25, 0.3) is 0 Å². The molecule has 0 unspecified atom stereocenters. The first-order valence-electron chi connectivity index (χ1n) is 2.69. The van der Waals surface area contributed by atoms with Gasteiger partial charge in [-0.25, -0.2) is 0 Å². The molecule has 0 heteroatoms. The van der Waals surface area contributed by atoms with Gasteiger partial charge < -0.3 is 6.42 Å². The van der Waals surface area contributed by atoms with Crippen molar-refractivity contribution in [3.63, 3.8) is 0 Å². The Kier molecular flexibility index (Phi) is 5.00.